The maximum absolute atomic E-state index is 13.4. The fourth-order valence-corrected chi connectivity index (χ4v) is 3.74. The SMILES string of the molecule is COc1cccc(O[C@H]2COc3ccc(-c4ccc5cc(F)ccc5n4)cc3[C@H]2O)c1. The number of rotatable bonds is 4. The van der Waals surface area contributed by atoms with Crippen LogP contribution in [0.1, 0.15) is 11.7 Å². The van der Waals surface area contributed by atoms with Crippen LogP contribution < -0.4 is 14.2 Å². The lowest BCUT2D eigenvalue weighted by Gasteiger charge is -2.31. The zero-order valence-corrected chi connectivity index (χ0v) is 16.8. The Bertz CT molecular complexity index is 1260. The number of aliphatic hydroxyl groups excluding tert-OH is 1. The van der Waals surface area contributed by atoms with Crippen LogP contribution in [-0.2, 0) is 0 Å². The van der Waals surface area contributed by atoms with Gasteiger partial charge in [-0.3, -0.25) is 0 Å². The van der Waals surface area contributed by atoms with Gasteiger partial charge >= 0.3 is 0 Å². The lowest BCUT2D eigenvalue weighted by molar-refractivity contribution is -0.0103. The van der Waals surface area contributed by atoms with Crippen molar-refractivity contribution in [2.24, 2.45) is 0 Å². The normalized spacial score (nSPS) is 17.6. The molecule has 31 heavy (non-hydrogen) atoms. The van der Waals surface area contributed by atoms with Crippen LogP contribution in [0.2, 0.25) is 0 Å². The van der Waals surface area contributed by atoms with E-state index < -0.39 is 12.2 Å². The van der Waals surface area contributed by atoms with Crippen LogP contribution >= 0.6 is 0 Å². The van der Waals surface area contributed by atoms with Crippen LogP contribution in [-0.4, -0.2) is 29.9 Å². The average Bonchev–Trinajstić information content (AvgIpc) is 2.80. The predicted molar refractivity (Wildman–Crippen MR) is 115 cm³/mol. The van der Waals surface area contributed by atoms with Gasteiger partial charge in [0, 0.05) is 22.6 Å². The molecule has 1 N–H and O–H groups in total. The summed E-state index contributed by atoms with van der Waals surface area (Å²) in [6.45, 7) is 0.227. The first-order chi connectivity index (χ1) is 15.1. The monoisotopic (exact) mass is 417 g/mol. The summed E-state index contributed by atoms with van der Waals surface area (Å²) in [7, 11) is 1.59. The maximum Gasteiger partial charge on any atom is 0.163 e. The zero-order chi connectivity index (χ0) is 21.4. The smallest absolute Gasteiger partial charge is 0.163 e. The van der Waals surface area contributed by atoms with Gasteiger partial charge < -0.3 is 19.3 Å². The molecule has 1 aliphatic rings. The third-order valence-corrected chi connectivity index (χ3v) is 5.36. The summed E-state index contributed by atoms with van der Waals surface area (Å²) in [5.74, 6) is 1.59. The van der Waals surface area contributed by atoms with Gasteiger partial charge in [-0.1, -0.05) is 12.1 Å². The molecule has 0 radical (unpaired) electrons. The van der Waals surface area contributed by atoms with E-state index in [0.29, 0.717) is 28.3 Å². The zero-order valence-electron chi connectivity index (χ0n) is 16.8. The van der Waals surface area contributed by atoms with Crippen LogP contribution in [0.5, 0.6) is 17.2 Å². The highest BCUT2D eigenvalue weighted by Gasteiger charge is 2.31. The fraction of sp³-hybridized carbons (Fsp3) is 0.160. The minimum absolute atomic E-state index is 0.227. The Morgan fingerprint density at radius 1 is 1.00 bits per heavy atom. The number of nitrogens with zero attached hydrogens (tertiary/aromatic N) is 1. The van der Waals surface area contributed by atoms with E-state index in [1.807, 2.05) is 48.5 Å². The second kappa shape index (κ2) is 7.89. The first-order valence-corrected chi connectivity index (χ1v) is 9.93. The van der Waals surface area contributed by atoms with E-state index in [1.165, 1.54) is 12.1 Å². The minimum atomic E-state index is -0.871. The minimum Gasteiger partial charge on any atom is -0.497 e. The van der Waals surface area contributed by atoms with Crippen LogP contribution in [0.3, 0.4) is 0 Å². The van der Waals surface area contributed by atoms with Crippen LogP contribution in [0.4, 0.5) is 4.39 Å². The summed E-state index contributed by atoms with van der Waals surface area (Å²) in [6, 6.07) is 21.0. The molecule has 0 amide bonds. The Labute approximate surface area is 178 Å². The predicted octanol–water partition coefficient (Wildman–Crippen LogP) is 4.92. The Balaban J connectivity index is 1.44. The summed E-state index contributed by atoms with van der Waals surface area (Å²) < 4.78 is 30.5. The first-order valence-electron chi connectivity index (χ1n) is 9.93. The van der Waals surface area contributed by atoms with Crippen LogP contribution in [0.25, 0.3) is 22.2 Å². The first kappa shape index (κ1) is 19.3. The van der Waals surface area contributed by atoms with Crippen molar-refractivity contribution in [3.05, 3.63) is 84.2 Å². The van der Waals surface area contributed by atoms with E-state index >= 15 is 0 Å². The molecule has 2 atom stereocenters. The average molecular weight is 417 g/mol. The van der Waals surface area contributed by atoms with Crippen molar-refractivity contribution in [2.75, 3.05) is 13.7 Å². The summed E-state index contributed by atoms with van der Waals surface area (Å²) >= 11 is 0. The molecule has 5 nitrogen and oxygen atoms in total. The number of methoxy groups -OCH3 is 1. The number of ether oxygens (including phenoxy) is 3. The van der Waals surface area contributed by atoms with Crippen molar-refractivity contribution in [3.8, 4) is 28.5 Å². The Kier molecular flexibility index (Phi) is 4.92. The van der Waals surface area contributed by atoms with E-state index in [0.717, 1.165) is 16.6 Å². The molecule has 0 saturated carbocycles. The highest BCUT2D eigenvalue weighted by molar-refractivity contribution is 5.81. The third-order valence-electron chi connectivity index (χ3n) is 5.36. The number of hydrogen-bond acceptors (Lipinski definition) is 5. The summed E-state index contributed by atoms with van der Waals surface area (Å²) in [5.41, 5.74) is 2.89. The molecule has 6 heteroatoms. The third kappa shape index (κ3) is 3.78. The van der Waals surface area contributed by atoms with Crippen molar-refractivity contribution in [1.82, 2.24) is 4.98 Å². The second-order valence-electron chi connectivity index (χ2n) is 7.38. The molecule has 0 saturated heterocycles. The molecule has 1 aromatic heterocycles. The quantitative estimate of drug-likeness (QED) is 0.511. The number of pyridine rings is 1. The summed E-state index contributed by atoms with van der Waals surface area (Å²) in [4.78, 5) is 4.63. The Morgan fingerprint density at radius 2 is 1.87 bits per heavy atom. The van der Waals surface area contributed by atoms with E-state index in [1.54, 1.807) is 19.2 Å². The van der Waals surface area contributed by atoms with Gasteiger partial charge in [-0.2, -0.15) is 0 Å². The number of halogens is 1. The van der Waals surface area contributed by atoms with Gasteiger partial charge in [-0.15, -0.1) is 0 Å². The number of aromatic nitrogens is 1. The van der Waals surface area contributed by atoms with Crippen molar-refractivity contribution in [1.29, 1.82) is 0 Å². The molecule has 0 spiro atoms. The van der Waals surface area contributed by atoms with Gasteiger partial charge in [0.25, 0.3) is 0 Å². The number of hydrogen-bond donors (Lipinski definition) is 1. The lowest BCUT2D eigenvalue weighted by atomic mass is 9.97. The van der Waals surface area contributed by atoms with E-state index in [4.69, 9.17) is 14.2 Å². The van der Waals surface area contributed by atoms with Crippen LogP contribution in [0, 0.1) is 5.82 Å². The van der Waals surface area contributed by atoms with Crippen molar-refractivity contribution < 1.29 is 23.7 Å². The molecule has 0 bridgehead atoms. The molecule has 1 aliphatic heterocycles. The van der Waals surface area contributed by atoms with Crippen molar-refractivity contribution >= 4 is 10.9 Å². The van der Waals surface area contributed by atoms with E-state index in [9.17, 15) is 9.50 Å². The van der Waals surface area contributed by atoms with Gasteiger partial charge in [0.1, 0.15) is 35.8 Å². The lowest BCUT2D eigenvalue weighted by Crippen LogP contribution is -2.35. The fourth-order valence-electron chi connectivity index (χ4n) is 3.74. The molecule has 0 aliphatic carbocycles. The van der Waals surface area contributed by atoms with Crippen molar-refractivity contribution in [3.63, 3.8) is 0 Å². The van der Waals surface area contributed by atoms with Gasteiger partial charge in [0.15, 0.2) is 6.10 Å². The Hall–Kier alpha value is -3.64. The van der Waals surface area contributed by atoms with E-state index in [2.05, 4.69) is 4.98 Å². The Morgan fingerprint density at radius 3 is 2.74 bits per heavy atom. The van der Waals surface area contributed by atoms with Gasteiger partial charge in [0.05, 0.1) is 18.3 Å². The van der Waals surface area contributed by atoms with Gasteiger partial charge in [-0.25, -0.2) is 9.37 Å². The highest BCUT2D eigenvalue weighted by Crippen LogP contribution is 2.37. The summed E-state index contributed by atoms with van der Waals surface area (Å²) in [6.07, 6.45) is -1.44. The molecule has 4 aromatic rings. The number of benzene rings is 3. The molecular formula is C25H20FNO4. The number of aliphatic hydroxyl groups is 1. The summed E-state index contributed by atoms with van der Waals surface area (Å²) in [5, 5.41) is 11.7. The topological polar surface area (TPSA) is 60.8 Å². The van der Waals surface area contributed by atoms with E-state index in [-0.39, 0.29) is 12.4 Å². The largest absolute Gasteiger partial charge is 0.497 e. The number of fused-ring (bicyclic) bond motifs is 2. The van der Waals surface area contributed by atoms with Gasteiger partial charge in [0.2, 0.25) is 0 Å². The molecule has 3 aromatic carbocycles. The highest BCUT2D eigenvalue weighted by atomic mass is 19.1. The molecule has 0 fully saturated rings. The molecule has 5 rings (SSSR count). The van der Waals surface area contributed by atoms with Crippen molar-refractivity contribution in [2.45, 2.75) is 12.2 Å². The standard InChI is InChI=1S/C25H20FNO4/c1-29-18-3-2-4-19(13-18)31-24-14-30-23-10-6-16(12-20(23)25(24)28)21-8-5-15-11-17(26)7-9-22(15)27-21/h2-13,24-25,28H,14H2,1H3/t24-,25+/m0/s1. The molecule has 156 valence electrons. The van der Waals surface area contributed by atoms with Gasteiger partial charge in [-0.05, 0) is 54.6 Å². The second-order valence-corrected chi connectivity index (χ2v) is 7.38. The van der Waals surface area contributed by atoms with Crippen LogP contribution in [0.15, 0.2) is 72.8 Å². The molecule has 2 heterocycles. The molecule has 0 unspecified atom stereocenters. The maximum atomic E-state index is 13.4. The molecular weight excluding hydrogens is 397 g/mol.